The van der Waals surface area contributed by atoms with E-state index in [-0.39, 0.29) is 11.6 Å². The SMILES string of the molecule is COc1cnn(C)c1C(N)C1(OC)CCCCC1. The standard InChI is InChI=1S/C13H23N3O2/c1-16-11(10(17-2)9-15-16)12(14)13(18-3)7-5-4-6-8-13/h9,12H,4-8,14H2,1-3H3. The van der Waals surface area contributed by atoms with Gasteiger partial charge in [-0.1, -0.05) is 19.3 Å². The fourth-order valence-electron chi connectivity index (χ4n) is 2.98. The van der Waals surface area contributed by atoms with Crippen molar-refractivity contribution in [3.63, 3.8) is 0 Å². The predicted octanol–water partition coefficient (Wildman–Crippen LogP) is 1.78. The summed E-state index contributed by atoms with van der Waals surface area (Å²) < 4.78 is 12.9. The fourth-order valence-corrected chi connectivity index (χ4v) is 2.98. The fraction of sp³-hybridized carbons (Fsp3) is 0.769. The van der Waals surface area contributed by atoms with Crippen molar-refractivity contribution >= 4 is 0 Å². The summed E-state index contributed by atoms with van der Waals surface area (Å²) >= 11 is 0. The van der Waals surface area contributed by atoms with E-state index in [4.69, 9.17) is 15.2 Å². The van der Waals surface area contributed by atoms with Crippen LogP contribution in [0.25, 0.3) is 0 Å². The zero-order chi connectivity index (χ0) is 13.2. The van der Waals surface area contributed by atoms with Gasteiger partial charge in [-0.15, -0.1) is 0 Å². The molecule has 1 atom stereocenters. The van der Waals surface area contributed by atoms with Crippen LogP contribution in [0.1, 0.15) is 43.8 Å². The molecule has 1 aliphatic rings. The largest absolute Gasteiger partial charge is 0.493 e. The van der Waals surface area contributed by atoms with E-state index in [1.165, 1.54) is 19.3 Å². The Balaban J connectivity index is 2.33. The number of nitrogens with zero attached hydrogens (tertiary/aromatic N) is 2. The van der Waals surface area contributed by atoms with E-state index in [1.807, 2.05) is 7.05 Å². The van der Waals surface area contributed by atoms with Crippen molar-refractivity contribution in [3.05, 3.63) is 11.9 Å². The lowest BCUT2D eigenvalue weighted by Crippen LogP contribution is -2.45. The third kappa shape index (κ3) is 2.12. The Labute approximate surface area is 108 Å². The molecule has 0 bridgehead atoms. The second-order valence-electron chi connectivity index (χ2n) is 5.03. The zero-order valence-electron chi connectivity index (χ0n) is 11.5. The van der Waals surface area contributed by atoms with Crippen molar-refractivity contribution in [1.29, 1.82) is 0 Å². The molecule has 0 aromatic carbocycles. The topological polar surface area (TPSA) is 62.3 Å². The van der Waals surface area contributed by atoms with Crippen LogP contribution < -0.4 is 10.5 Å². The molecule has 1 heterocycles. The summed E-state index contributed by atoms with van der Waals surface area (Å²) in [6.45, 7) is 0. The molecule has 1 fully saturated rings. The van der Waals surface area contributed by atoms with E-state index >= 15 is 0 Å². The molecule has 0 aliphatic heterocycles. The molecule has 5 nitrogen and oxygen atoms in total. The van der Waals surface area contributed by atoms with Gasteiger partial charge in [-0.05, 0) is 12.8 Å². The van der Waals surface area contributed by atoms with Crippen molar-refractivity contribution in [2.45, 2.75) is 43.7 Å². The zero-order valence-corrected chi connectivity index (χ0v) is 11.5. The van der Waals surface area contributed by atoms with E-state index in [2.05, 4.69) is 5.10 Å². The van der Waals surface area contributed by atoms with E-state index < -0.39 is 0 Å². The maximum absolute atomic E-state index is 6.47. The van der Waals surface area contributed by atoms with Gasteiger partial charge in [-0.3, -0.25) is 4.68 Å². The van der Waals surface area contributed by atoms with Crippen LogP contribution in [0.5, 0.6) is 5.75 Å². The van der Waals surface area contributed by atoms with E-state index in [0.29, 0.717) is 0 Å². The smallest absolute Gasteiger partial charge is 0.161 e. The lowest BCUT2D eigenvalue weighted by molar-refractivity contribution is -0.0615. The normalized spacial score (nSPS) is 20.7. The highest BCUT2D eigenvalue weighted by molar-refractivity contribution is 5.30. The number of aryl methyl sites for hydroxylation is 1. The van der Waals surface area contributed by atoms with Crippen molar-refractivity contribution < 1.29 is 9.47 Å². The Morgan fingerprint density at radius 3 is 2.56 bits per heavy atom. The Hall–Kier alpha value is -1.07. The molecule has 0 saturated heterocycles. The summed E-state index contributed by atoms with van der Waals surface area (Å²) in [5, 5.41) is 4.22. The van der Waals surface area contributed by atoms with Crippen LogP contribution in [-0.2, 0) is 11.8 Å². The van der Waals surface area contributed by atoms with Crippen LogP contribution in [0.2, 0.25) is 0 Å². The number of rotatable bonds is 4. The van der Waals surface area contributed by atoms with Gasteiger partial charge < -0.3 is 15.2 Å². The Morgan fingerprint density at radius 2 is 2.00 bits per heavy atom. The van der Waals surface area contributed by atoms with Gasteiger partial charge in [0, 0.05) is 14.2 Å². The first-order chi connectivity index (χ1) is 8.64. The number of hydrogen-bond acceptors (Lipinski definition) is 4. The summed E-state index contributed by atoms with van der Waals surface area (Å²) in [6, 6.07) is -0.203. The monoisotopic (exact) mass is 253 g/mol. The molecular weight excluding hydrogens is 230 g/mol. The summed E-state index contributed by atoms with van der Waals surface area (Å²) in [7, 11) is 5.30. The first-order valence-electron chi connectivity index (χ1n) is 6.51. The second-order valence-corrected chi connectivity index (χ2v) is 5.03. The molecular formula is C13H23N3O2. The molecule has 0 radical (unpaired) electrons. The second kappa shape index (κ2) is 5.28. The van der Waals surface area contributed by atoms with E-state index in [1.54, 1.807) is 25.1 Å². The molecule has 0 amide bonds. The molecule has 5 heteroatoms. The lowest BCUT2D eigenvalue weighted by atomic mass is 9.78. The van der Waals surface area contributed by atoms with Crippen molar-refractivity contribution in [2.24, 2.45) is 12.8 Å². The third-order valence-corrected chi connectivity index (χ3v) is 4.14. The highest BCUT2D eigenvalue weighted by Gasteiger charge is 2.41. The molecule has 18 heavy (non-hydrogen) atoms. The Morgan fingerprint density at radius 1 is 1.33 bits per heavy atom. The average molecular weight is 253 g/mol. The summed E-state index contributed by atoms with van der Waals surface area (Å²) in [6.07, 6.45) is 7.31. The molecule has 1 aromatic rings. The van der Waals surface area contributed by atoms with Crippen LogP contribution in [-0.4, -0.2) is 29.6 Å². The van der Waals surface area contributed by atoms with Crippen molar-refractivity contribution in [3.8, 4) is 5.75 Å². The van der Waals surface area contributed by atoms with Gasteiger partial charge in [0.1, 0.15) is 0 Å². The number of aromatic nitrogens is 2. The van der Waals surface area contributed by atoms with Gasteiger partial charge in [0.25, 0.3) is 0 Å². The van der Waals surface area contributed by atoms with Crippen LogP contribution in [0.15, 0.2) is 6.20 Å². The molecule has 2 N–H and O–H groups in total. The molecule has 2 rings (SSSR count). The van der Waals surface area contributed by atoms with Crippen LogP contribution in [0, 0.1) is 0 Å². The minimum Gasteiger partial charge on any atom is -0.493 e. The summed E-state index contributed by atoms with van der Waals surface area (Å²) in [5.41, 5.74) is 7.11. The van der Waals surface area contributed by atoms with E-state index in [0.717, 1.165) is 24.3 Å². The number of nitrogens with two attached hydrogens (primary N) is 1. The highest BCUT2D eigenvalue weighted by Crippen LogP contribution is 2.41. The number of hydrogen-bond donors (Lipinski definition) is 1. The van der Waals surface area contributed by atoms with Crippen molar-refractivity contribution in [2.75, 3.05) is 14.2 Å². The number of ether oxygens (including phenoxy) is 2. The minimum absolute atomic E-state index is 0.203. The quantitative estimate of drug-likeness (QED) is 0.888. The third-order valence-electron chi connectivity index (χ3n) is 4.14. The van der Waals surface area contributed by atoms with Gasteiger partial charge >= 0.3 is 0 Å². The van der Waals surface area contributed by atoms with Crippen molar-refractivity contribution in [1.82, 2.24) is 9.78 Å². The minimum atomic E-state index is -0.278. The maximum atomic E-state index is 6.47. The summed E-state index contributed by atoms with van der Waals surface area (Å²) in [5.74, 6) is 0.743. The molecule has 1 saturated carbocycles. The van der Waals surface area contributed by atoms with Gasteiger partial charge in [0.2, 0.25) is 0 Å². The Bertz CT molecular complexity index is 397. The number of methoxy groups -OCH3 is 2. The molecule has 1 aliphatic carbocycles. The molecule has 102 valence electrons. The predicted molar refractivity (Wildman–Crippen MR) is 69.5 cm³/mol. The highest BCUT2D eigenvalue weighted by atomic mass is 16.5. The van der Waals surface area contributed by atoms with Gasteiger partial charge in [-0.25, -0.2) is 0 Å². The van der Waals surface area contributed by atoms with Gasteiger partial charge in [-0.2, -0.15) is 5.10 Å². The molecule has 1 aromatic heterocycles. The first-order valence-corrected chi connectivity index (χ1v) is 6.51. The lowest BCUT2D eigenvalue weighted by Gasteiger charge is -2.40. The van der Waals surface area contributed by atoms with Crippen LogP contribution in [0.3, 0.4) is 0 Å². The first kappa shape index (κ1) is 13.4. The maximum Gasteiger partial charge on any atom is 0.161 e. The Kier molecular flexibility index (Phi) is 3.92. The van der Waals surface area contributed by atoms with Crippen LogP contribution in [0.4, 0.5) is 0 Å². The van der Waals surface area contributed by atoms with Gasteiger partial charge in [0.15, 0.2) is 5.75 Å². The molecule has 0 spiro atoms. The van der Waals surface area contributed by atoms with E-state index in [9.17, 15) is 0 Å². The summed E-state index contributed by atoms with van der Waals surface area (Å²) in [4.78, 5) is 0. The molecule has 1 unspecified atom stereocenters. The van der Waals surface area contributed by atoms with Crippen LogP contribution >= 0.6 is 0 Å². The average Bonchev–Trinajstić information content (AvgIpc) is 2.79. The van der Waals surface area contributed by atoms with Gasteiger partial charge in [0.05, 0.1) is 30.6 Å².